The van der Waals surface area contributed by atoms with Crippen LogP contribution in [0.1, 0.15) is 34.7 Å². The number of nitrogens with zero attached hydrogens (tertiary/aromatic N) is 2. The molecule has 0 aliphatic heterocycles. The zero-order valence-electron chi connectivity index (χ0n) is 25.5. The lowest BCUT2D eigenvalue weighted by molar-refractivity contribution is -0.140. The molecule has 0 bridgehead atoms. The molecule has 4 rings (SSSR count). The van der Waals surface area contributed by atoms with Crippen LogP contribution in [-0.4, -0.2) is 44.3 Å². The van der Waals surface area contributed by atoms with Gasteiger partial charge in [0.05, 0.1) is 10.6 Å². The molecule has 230 valence electrons. The van der Waals surface area contributed by atoms with E-state index in [9.17, 15) is 18.0 Å². The lowest BCUT2D eigenvalue weighted by Crippen LogP contribution is -2.53. The highest BCUT2D eigenvalue weighted by Gasteiger charge is 2.35. The second-order valence-electron chi connectivity index (χ2n) is 10.8. The minimum absolute atomic E-state index is 0.0466. The largest absolute Gasteiger partial charge is 0.355 e. The van der Waals surface area contributed by atoms with Gasteiger partial charge >= 0.3 is 0 Å². The fraction of sp³-hybridized carbons (Fsp3) is 0.257. The molecule has 1 N–H and O–H groups in total. The van der Waals surface area contributed by atoms with Crippen LogP contribution in [0.25, 0.3) is 0 Å². The van der Waals surface area contributed by atoms with E-state index in [1.807, 2.05) is 75.4 Å². The van der Waals surface area contributed by atoms with E-state index in [1.54, 1.807) is 37.3 Å². The van der Waals surface area contributed by atoms with Crippen molar-refractivity contribution >= 4 is 39.1 Å². The van der Waals surface area contributed by atoms with Gasteiger partial charge in [0.15, 0.2) is 0 Å². The van der Waals surface area contributed by atoms with Gasteiger partial charge in [0.2, 0.25) is 11.8 Å². The summed E-state index contributed by atoms with van der Waals surface area (Å²) >= 11 is 6.45. The first-order valence-electron chi connectivity index (χ1n) is 14.5. The van der Waals surface area contributed by atoms with Crippen molar-refractivity contribution in [1.29, 1.82) is 0 Å². The van der Waals surface area contributed by atoms with Gasteiger partial charge in [-0.1, -0.05) is 90.0 Å². The molecule has 4 aromatic carbocycles. The normalized spacial score (nSPS) is 11.9. The van der Waals surface area contributed by atoms with E-state index in [0.29, 0.717) is 22.8 Å². The van der Waals surface area contributed by atoms with Crippen molar-refractivity contribution < 1.29 is 18.0 Å². The van der Waals surface area contributed by atoms with Gasteiger partial charge in [0.1, 0.15) is 12.6 Å². The monoisotopic (exact) mass is 631 g/mol. The number of sulfonamides is 1. The quantitative estimate of drug-likeness (QED) is 0.201. The topological polar surface area (TPSA) is 86.8 Å². The summed E-state index contributed by atoms with van der Waals surface area (Å²) < 4.78 is 29.5. The second-order valence-corrected chi connectivity index (χ2v) is 13.0. The molecule has 0 aliphatic carbocycles. The van der Waals surface area contributed by atoms with Crippen LogP contribution in [0.3, 0.4) is 0 Å². The van der Waals surface area contributed by atoms with Gasteiger partial charge in [-0.3, -0.25) is 13.9 Å². The van der Waals surface area contributed by atoms with Gasteiger partial charge in [0.25, 0.3) is 10.0 Å². The molecule has 0 saturated heterocycles. The third kappa shape index (κ3) is 7.68. The summed E-state index contributed by atoms with van der Waals surface area (Å²) in [6.45, 7) is 7.32. The van der Waals surface area contributed by atoms with Crippen molar-refractivity contribution in [3.8, 4) is 0 Å². The fourth-order valence-corrected chi connectivity index (χ4v) is 6.68. The Balaban J connectivity index is 1.84. The molecule has 0 saturated carbocycles. The Morgan fingerprint density at radius 1 is 0.841 bits per heavy atom. The number of hydrogen-bond donors (Lipinski definition) is 1. The summed E-state index contributed by atoms with van der Waals surface area (Å²) in [5.41, 5.74) is 4.40. The first kappa shape index (κ1) is 32.8. The molecule has 0 spiro atoms. The van der Waals surface area contributed by atoms with E-state index < -0.39 is 28.5 Å². The predicted molar refractivity (Wildman–Crippen MR) is 176 cm³/mol. The summed E-state index contributed by atoms with van der Waals surface area (Å²) in [7, 11) is -4.21. The molecular weight excluding hydrogens is 594 g/mol. The summed E-state index contributed by atoms with van der Waals surface area (Å²) in [6.07, 6.45) is 0.255. The Hall–Kier alpha value is -4.14. The van der Waals surface area contributed by atoms with E-state index in [-0.39, 0.29) is 23.8 Å². The third-order valence-electron chi connectivity index (χ3n) is 7.62. The van der Waals surface area contributed by atoms with Crippen molar-refractivity contribution in [1.82, 2.24) is 10.2 Å². The maximum Gasteiger partial charge on any atom is 0.264 e. The van der Waals surface area contributed by atoms with Crippen LogP contribution in [0.2, 0.25) is 5.02 Å². The first-order valence-corrected chi connectivity index (χ1v) is 16.3. The van der Waals surface area contributed by atoms with E-state index in [2.05, 4.69) is 5.32 Å². The Morgan fingerprint density at radius 3 is 2.16 bits per heavy atom. The Kier molecular flexibility index (Phi) is 10.8. The maximum absolute atomic E-state index is 14.5. The lowest BCUT2D eigenvalue weighted by Gasteiger charge is -2.34. The molecule has 4 aromatic rings. The highest BCUT2D eigenvalue weighted by molar-refractivity contribution is 7.92. The first-order chi connectivity index (χ1) is 21.0. The Bertz CT molecular complexity index is 1710. The van der Waals surface area contributed by atoms with Crippen molar-refractivity contribution in [3.05, 3.63) is 130 Å². The third-order valence-corrected chi connectivity index (χ3v) is 9.80. The number of hydrogen-bond acceptors (Lipinski definition) is 4. The smallest absolute Gasteiger partial charge is 0.264 e. The van der Waals surface area contributed by atoms with Gasteiger partial charge in [0, 0.05) is 24.5 Å². The number of carbonyl (C=O) groups excluding carboxylic acids is 2. The molecular formula is C35H38ClN3O4S. The van der Waals surface area contributed by atoms with Gasteiger partial charge in [-0.15, -0.1) is 0 Å². The molecule has 0 fully saturated rings. The lowest BCUT2D eigenvalue weighted by atomic mass is 10.0. The van der Waals surface area contributed by atoms with E-state index in [0.717, 1.165) is 26.6 Å². The molecule has 0 heterocycles. The minimum Gasteiger partial charge on any atom is -0.355 e. The summed E-state index contributed by atoms with van der Waals surface area (Å²) in [5, 5.41) is 3.26. The van der Waals surface area contributed by atoms with Gasteiger partial charge in [-0.25, -0.2) is 8.42 Å². The number of rotatable bonds is 12. The molecule has 2 amide bonds. The summed E-state index contributed by atoms with van der Waals surface area (Å²) in [5.74, 6) is -0.833. The van der Waals surface area contributed by atoms with E-state index in [1.165, 1.54) is 17.0 Å². The maximum atomic E-state index is 14.5. The summed E-state index contributed by atoms with van der Waals surface area (Å²) in [4.78, 5) is 29.7. The van der Waals surface area contributed by atoms with Crippen LogP contribution in [-0.2, 0) is 32.6 Å². The van der Waals surface area contributed by atoms with Crippen molar-refractivity contribution in [2.75, 3.05) is 17.4 Å². The highest BCUT2D eigenvalue weighted by Crippen LogP contribution is 2.31. The zero-order chi connectivity index (χ0) is 31.9. The molecule has 0 aromatic heterocycles. The predicted octanol–water partition coefficient (Wildman–Crippen LogP) is 6.24. The van der Waals surface area contributed by atoms with Gasteiger partial charge in [-0.2, -0.15) is 0 Å². The van der Waals surface area contributed by atoms with Crippen LogP contribution in [0, 0.1) is 20.8 Å². The molecule has 0 aliphatic rings. The van der Waals surface area contributed by atoms with Crippen LogP contribution >= 0.6 is 11.6 Å². The molecule has 0 radical (unpaired) electrons. The molecule has 44 heavy (non-hydrogen) atoms. The van der Waals surface area contributed by atoms with Crippen molar-refractivity contribution in [2.24, 2.45) is 0 Å². The number of carbonyl (C=O) groups is 2. The standard InChI is InChI=1S/C35H38ClN3O4S/c1-5-37-35(41)33(22-28-13-7-6-8-14-28)38(23-29-15-10-9-12-26(29)3)34(40)24-39(32-17-11-16-31(36)27(32)4)44(42,43)30-20-18-25(2)19-21-30/h6-21,33H,5,22-24H2,1-4H3,(H,37,41). The fourth-order valence-electron chi connectivity index (χ4n) is 5.03. The number of amides is 2. The van der Waals surface area contributed by atoms with Crippen LogP contribution in [0.15, 0.2) is 102 Å². The highest BCUT2D eigenvalue weighted by atomic mass is 35.5. The SMILES string of the molecule is CCNC(=O)C(Cc1ccccc1)N(Cc1ccccc1C)C(=O)CN(c1cccc(Cl)c1C)S(=O)(=O)c1ccc(C)cc1. The van der Waals surface area contributed by atoms with Gasteiger partial charge < -0.3 is 10.2 Å². The van der Waals surface area contributed by atoms with Crippen molar-refractivity contribution in [3.63, 3.8) is 0 Å². The number of likely N-dealkylation sites (N-methyl/N-ethyl adjacent to an activating group) is 1. The second kappa shape index (κ2) is 14.6. The zero-order valence-corrected chi connectivity index (χ0v) is 27.0. The number of halogens is 1. The molecule has 9 heteroatoms. The molecule has 7 nitrogen and oxygen atoms in total. The Morgan fingerprint density at radius 2 is 1.50 bits per heavy atom. The van der Waals surface area contributed by atoms with E-state index >= 15 is 0 Å². The average Bonchev–Trinajstić information content (AvgIpc) is 3.01. The van der Waals surface area contributed by atoms with Crippen LogP contribution in [0.5, 0.6) is 0 Å². The number of nitrogens with one attached hydrogen (secondary N) is 1. The average molecular weight is 632 g/mol. The number of aryl methyl sites for hydroxylation is 2. The van der Waals surface area contributed by atoms with Crippen molar-refractivity contribution in [2.45, 2.75) is 51.6 Å². The van der Waals surface area contributed by atoms with Gasteiger partial charge in [-0.05, 0) is 74.2 Å². The van der Waals surface area contributed by atoms with Crippen LogP contribution < -0.4 is 9.62 Å². The Labute approximate surface area is 265 Å². The van der Waals surface area contributed by atoms with Crippen LogP contribution in [0.4, 0.5) is 5.69 Å². The number of anilines is 1. The molecule has 1 atom stereocenters. The number of benzene rings is 4. The minimum atomic E-state index is -4.21. The summed E-state index contributed by atoms with van der Waals surface area (Å²) in [6, 6.07) is 27.7. The van der Waals surface area contributed by atoms with E-state index in [4.69, 9.17) is 11.6 Å². The molecule has 1 unspecified atom stereocenters.